The van der Waals surface area contributed by atoms with Crippen molar-refractivity contribution in [2.75, 3.05) is 0 Å². The van der Waals surface area contributed by atoms with Gasteiger partial charge in [-0.05, 0) is 23.6 Å². The van der Waals surface area contributed by atoms with Gasteiger partial charge in [-0.25, -0.2) is 0 Å². The first-order chi connectivity index (χ1) is 1.41. The second kappa shape index (κ2) is 8.82. The Labute approximate surface area is 58.7 Å². The van der Waals surface area contributed by atoms with Gasteiger partial charge in [-0.2, -0.15) is 0 Å². The van der Waals surface area contributed by atoms with Gasteiger partial charge < -0.3 is 1.43 Å². The summed E-state index contributed by atoms with van der Waals surface area (Å²) in [5.41, 5.74) is 0. The maximum absolute atomic E-state index is 4.51. The minimum absolute atomic E-state index is 0. The van der Waals surface area contributed by atoms with Gasteiger partial charge >= 0.3 is 29.6 Å². The fourth-order valence-corrected chi connectivity index (χ4v) is 0. The molecule has 0 spiro atoms. The fraction of sp³-hybridized carbons (Fsp3) is 0. The van der Waals surface area contributed by atoms with E-state index in [9.17, 15) is 0 Å². The second-order valence-electron chi connectivity index (χ2n) is 0.0714. The number of hydrogen-bond acceptors (Lipinski definition) is 1. The summed E-state index contributed by atoms with van der Waals surface area (Å²) in [7, 11) is 0. The number of hydrogen-bond donors (Lipinski definition) is 1. The van der Waals surface area contributed by atoms with Crippen LogP contribution in [-0.4, -0.2) is 0 Å². The van der Waals surface area contributed by atoms with Crippen LogP contribution >= 0.6 is 23.6 Å². The molecule has 0 unspecified atom stereocenters. The molecule has 4 heavy (non-hydrogen) atoms. The zero-order valence-corrected chi connectivity index (χ0v) is 5.77. The van der Waals surface area contributed by atoms with Gasteiger partial charge in [0.1, 0.15) is 0 Å². The second-order valence-corrected chi connectivity index (χ2v) is 0.643. The van der Waals surface area contributed by atoms with Crippen molar-refractivity contribution >= 4 is 23.6 Å². The topological polar surface area (TPSA) is 12.0 Å². The van der Waals surface area contributed by atoms with E-state index in [4.69, 9.17) is 0 Å². The molecule has 0 aliphatic heterocycles. The molecule has 0 aromatic rings. The van der Waals surface area contributed by atoms with Crippen molar-refractivity contribution in [2.45, 2.75) is 0 Å². The van der Waals surface area contributed by atoms with Crippen molar-refractivity contribution in [3.63, 3.8) is 0 Å². The molecule has 0 aliphatic carbocycles. The summed E-state index contributed by atoms with van der Waals surface area (Å²) in [6.07, 6.45) is 0. The SMILES string of the molecule is ClNCl.[H-].[Na+]. The van der Waals surface area contributed by atoms with Crippen LogP contribution in [0.1, 0.15) is 1.43 Å². The Morgan fingerprint density at radius 3 is 1.50 bits per heavy atom. The van der Waals surface area contributed by atoms with E-state index in [-0.39, 0.29) is 31.0 Å². The Bertz CT molecular complexity index is 9.61. The van der Waals surface area contributed by atoms with Crippen molar-refractivity contribution in [1.29, 1.82) is 0 Å². The largest absolute Gasteiger partial charge is 1.00 e. The first-order valence-electron chi connectivity index (χ1n) is 0.378. The monoisotopic (exact) mass is 109 g/mol. The molecule has 0 aromatic carbocycles. The maximum Gasteiger partial charge on any atom is 1.00 e. The van der Waals surface area contributed by atoms with Crippen LogP contribution in [0.25, 0.3) is 0 Å². The van der Waals surface area contributed by atoms with Gasteiger partial charge in [0.2, 0.25) is 0 Å². The molecular weight excluding hydrogens is 108 g/mol. The van der Waals surface area contributed by atoms with E-state index in [1.807, 2.05) is 0 Å². The van der Waals surface area contributed by atoms with Crippen LogP contribution in [0.4, 0.5) is 0 Å². The summed E-state index contributed by atoms with van der Waals surface area (Å²) in [6.45, 7) is 0. The molecule has 1 nitrogen and oxygen atoms in total. The van der Waals surface area contributed by atoms with Crippen LogP contribution in [-0.2, 0) is 0 Å². The Morgan fingerprint density at radius 2 is 1.50 bits per heavy atom. The zero-order valence-electron chi connectivity index (χ0n) is 3.26. The summed E-state index contributed by atoms with van der Waals surface area (Å²) < 4.78 is 1.69. The van der Waals surface area contributed by atoms with Crippen molar-refractivity contribution in [1.82, 2.24) is 4.35 Å². The van der Waals surface area contributed by atoms with Crippen LogP contribution < -0.4 is 33.9 Å². The summed E-state index contributed by atoms with van der Waals surface area (Å²) in [6, 6.07) is 0. The number of rotatable bonds is 0. The Morgan fingerprint density at radius 1 is 1.50 bits per heavy atom. The van der Waals surface area contributed by atoms with E-state index < -0.39 is 0 Å². The van der Waals surface area contributed by atoms with Crippen LogP contribution in [0.2, 0.25) is 0 Å². The molecular formula is H2Cl2NNa. The summed E-state index contributed by atoms with van der Waals surface area (Å²) in [5, 5.41) is 0. The van der Waals surface area contributed by atoms with Gasteiger partial charge in [-0.3, -0.25) is 0 Å². The zero-order chi connectivity index (χ0) is 2.71. The number of nitrogens with one attached hydrogen (secondary N) is 1. The Hall–Kier alpha value is 1.54. The van der Waals surface area contributed by atoms with E-state index in [1.54, 1.807) is 4.35 Å². The first kappa shape index (κ1) is 9.11. The molecule has 22 valence electrons. The van der Waals surface area contributed by atoms with Crippen molar-refractivity contribution < 1.29 is 31.0 Å². The minimum atomic E-state index is 0. The van der Waals surface area contributed by atoms with E-state index in [0.717, 1.165) is 0 Å². The predicted octanol–water partition coefficient (Wildman–Crippen LogP) is -2.00. The fourth-order valence-electron chi connectivity index (χ4n) is 0. The summed E-state index contributed by atoms with van der Waals surface area (Å²) in [4.78, 5) is 0. The third-order valence-corrected chi connectivity index (χ3v) is 0. The maximum atomic E-state index is 4.51. The molecule has 4 heteroatoms. The van der Waals surface area contributed by atoms with Gasteiger partial charge in [0, 0.05) is 0 Å². The van der Waals surface area contributed by atoms with Gasteiger partial charge in [0.05, 0.1) is 0 Å². The molecule has 0 bridgehead atoms. The van der Waals surface area contributed by atoms with Crippen LogP contribution in [0.5, 0.6) is 0 Å². The molecule has 0 aliphatic rings. The third kappa shape index (κ3) is 9.63. The third-order valence-electron chi connectivity index (χ3n) is 0. The molecule has 0 radical (unpaired) electrons. The first-order valence-corrected chi connectivity index (χ1v) is 1.13. The average molecular weight is 110 g/mol. The van der Waals surface area contributed by atoms with Gasteiger partial charge in [0.25, 0.3) is 0 Å². The predicted molar refractivity (Wildman–Crippen MR) is 16.0 cm³/mol. The molecule has 0 atom stereocenters. The van der Waals surface area contributed by atoms with Gasteiger partial charge in [-0.1, -0.05) is 0 Å². The van der Waals surface area contributed by atoms with Gasteiger partial charge in [-0.15, -0.1) is 4.35 Å². The van der Waals surface area contributed by atoms with Gasteiger partial charge in [0.15, 0.2) is 0 Å². The quantitative estimate of drug-likeness (QED) is 0.281. The average Bonchev–Trinajstić information content (AvgIpc) is 0.918. The van der Waals surface area contributed by atoms with Crippen LogP contribution in [0.3, 0.4) is 0 Å². The Kier molecular flexibility index (Phi) is 20.1. The standard InChI is InChI=1S/Cl2HN.Na.H/c1-3-2;;/h3H;;/q;+1;-1. The van der Waals surface area contributed by atoms with Crippen molar-refractivity contribution in [3.05, 3.63) is 0 Å². The van der Waals surface area contributed by atoms with Crippen LogP contribution in [0.15, 0.2) is 0 Å². The van der Waals surface area contributed by atoms with E-state index in [0.29, 0.717) is 0 Å². The number of halogens is 2. The molecule has 0 saturated carbocycles. The molecule has 0 rings (SSSR count). The molecule has 0 heterocycles. The van der Waals surface area contributed by atoms with E-state index >= 15 is 0 Å². The Balaban J connectivity index is -0.0000000200. The molecule has 0 fully saturated rings. The summed E-state index contributed by atoms with van der Waals surface area (Å²) >= 11 is 9.03. The molecule has 0 amide bonds. The van der Waals surface area contributed by atoms with E-state index in [1.165, 1.54) is 0 Å². The summed E-state index contributed by atoms with van der Waals surface area (Å²) in [5.74, 6) is 0. The molecule has 0 aromatic heterocycles. The van der Waals surface area contributed by atoms with E-state index in [2.05, 4.69) is 23.6 Å². The smallest absolute Gasteiger partial charge is 1.00 e. The van der Waals surface area contributed by atoms with Crippen molar-refractivity contribution in [3.8, 4) is 0 Å². The normalized spacial score (nSPS) is 4.50. The van der Waals surface area contributed by atoms with Crippen molar-refractivity contribution in [2.24, 2.45) is 0 Å². The minimum Gasteiger partial charge on any atom is -1.00 e. The molecule has 1 N–H and O–H groups in total. The van der Waals surface area contributed by atoms with Crippen LogP contribution in [0, 0.1) is 0 Å². The molecule has 0 saturated heterocycles.